The van der Waals surface area contributed by atoms with E-state index in [9.17, 15) is 0 Å². The number of nitrogens with two attached hydrogens (primary N) is 1. The second-order valence-electron chi connectivity index (χ2n) is 6.78. The van der Waals surface area contributed by atoms with Crippen LogP contribution >= 0.6 is 23.2 Å². The molecule has 1 aromatic heterocycles. The number of benzene rings is 1. The van der Waals surface area contributed by atoms with Gasteiger partial charge in [-0.1, -0.05) is 62.1 Å². The van der Waals surface area contributed by atoms with Crippen LogP contribution in [0.15, 0.2) is 22.7 Å². The molecule has 0 bridgehead atoms. The number of hydrogen-bond acceptors (Lipinski definition) is 3. The smallest absolute Gasteiger partial charge is 0.230 e. The minimum absolute atomic E-state index is 0.124. The lowest BCUT2D eigenvalue weighted by molar-refractivity contribution is 0.423. The van der Waals surface area contributed by atoms with Gasteiger partial charge in [-0.3, -0.25) is 0 Å². The number of hydrogen-bond donors (Lipinski definition) is 1. The quantitative estimate of drug-likeness (QED) is 0.806. The summed E-state index contributed by atoms with van der Waals surface area (Å²) >= 11 is 12.6. The van der Waals surface area contributed by atoms with E-state index >= 15 is 0 Å². The molecule has 1 saturated carbocycles. The summed E-state index contributed by atoms with van der Waals surface area (Å²) < 4.78 is 5.26. The fourth-order valence-electron chi connectivity index (χ4n) is 3.38. The van der Waals surface area contributed by atoms with Gasteiger partial charge in [-0.2, -0.15) is 0 Å². The molecule has 0 atom stereocenters. The van der Waals surface area contributed by atoms with Crippen LogP contribution in [0, 0.1) is 10.8 Å². The van der Waals surface area contributed by atoms with Crippen molar-refractivity contribution in [3.63, 3.8) is 0 Å². The van der Waals surface area contributed by atoms with E-state index in [0.717, 1.165) is 11.3 Å². The maximum Gasteiger partial charge on any atom is 0.230 e. The molecule has 0 radical (unpaired) electrons. The molecule has 0 amide bonds. The van der Waals surface area contributed by atoms with Crippen molar-refractivity contribution >= 4 is 29.1 Å². The van der Waals surface area contributed by atoms with E-state index in [4.69, 9.17) is 33.5 Å². The van der Waals surface area contributed by atoms with Crippen molar-refractivity contribution < 1.29 is 4.52 Å². The third kappa shape index (κ3) is 1.91. The molecular weight excluding hydrogens is 307 g/mol. The van der Waals surface area contributed by atoms with Gasteiger partial charge in [0.25, 0.3) is 0 Å². The highest BCUT2D eigenvalue weighted by atomic mass is 35.5. The maximum absolute atomic E-state index is 6.32. The molecule has 0 aliphatic heterocycles. The molecule has 5 heteroatoms. The topological polar surface area (TPSA) is 52.0 Å². The van der Waals surface area contributed by atoms with Gasteiger partial charge in [-0.05, 0) is 23.0 Å². The molecule has 2 N–H and O–H groups in total. The van der Waals surface area contributed by atoms with Crippen molar-refractivity contribution in [3.05, 3.63) is 33.9 Å². The average Bonchev–Trinajstić information content (AvgIpc) is 2.65. The van der Waals surface area contributed by atoms with Crippen LogP contribution in [0.1, 0.15) is 39.3 Å². The number of nitrogens with zero attached hydrogens (tertiary/aromatic N) is 1. The van der Waals surface area contributed by atoms with Crippen molar-refractivity contribution in [1.29, 1.82) is 0 Å². The Bertz CT molecular complexity index is 685. The summed E-state index contributed by atoms with van der Waals surface area (Å²) in [5.74, 6) is 0.520. The molecule has 0 unspecified atom stereocenters. The van der Waals surface area contributed by atoms with Gasteiger partial charge in [-0.15, -0.1) is 0 Å². The van der Waals surface area contributed by atoms with Crippen LogP contribution in [0.4, 0.5) is 5.88 Å². The summed E-state index contributed by atoms with van der Waals surface area (Å²) in [5.41, 5.74) is 8.53. The predicted octanol–water partition coefficient (Wildman–Crippen LogP) is 5.38. The lowest BCUT2D eigenvalue weighted by Gasteiger charge is -2.08. The zero-order chi connectivity index (χ0) is 15.6. The van der Waals surface area contributed by atoms with Crippen molar-refractivity contribution in [3.8, 4) is 11.1 Å². The summed E-state index contributed by atoms with van der Waals surface area (Å²) in [6, 6.07) is 5.40. The highest BCUT2D eigenvalue weighted by Crippen LogP contribution is 2.74. The summed E-state index contributed by atoms with van der Waals surface area (Å²) in [6.45, 7) is 8.89. The standard InChI is InChI=1S/C16H18Cl2N2O/c1-15(2)13(16(15,3)4)12-11(14(19)21-20-12)10-8(17)6-5-7-9(10)18/h5-7,13H,19H2,1-4H3. The van der Waals surface area contributed by atoms with Gasteiger partial charge in [0.2, 0.25) is 5.88 Å². The van der Waals surface area contributed by atoms with E-state index in [2.05, 4.69) is 32.9 Å². The van der Waals surface area contributed by atoms with E-state index in [1.165, 1.54) is 0 Å². The monoisotopic (exact) mass is 324 g/mol. The van der Waals surface area contributed by atoms with Crippen LogP contribution in [0.2, 0.25) is 10.0 Å². The van der Waals surface area contributed by atoms with E-state index in [-0.39, 0.29) is 22.6 Å². The van der Waals surface area contributed by atoms with Crippen LogP contribution in [-0.2, 0) is 0 Å². The minimum atomic E-state index is 0.124. The first kappa shape index (κ1) is 14.7. The highest BCUT2D eigenvalue weighted by Gasteiger charge is 2.67. The molecule has 3 nitrogen and oxygen atoms in total. The maximum atomic E-state index is 6.32. The van der Waals surface area contributed by atoms with Crippen LogP contribution in [0.3, 0.4) is 0 Å². The van der Waals surface area contributed by atoms with Crippen LogP contribution in [-0.4, -0.2) is 5.16 Å². The SMILES string of the molecule is CC1(C)C(c2noc(N)c2-c2c(Cl)cccc2Cl)C1(C)C. The van der Waals surface area contributed by atoms with Gasteiger partial charge in [0, 0.05) is 11.5 Å². The third-order valence-electron chi connectivity index (χ3n) is 5.25. The van der Waals surface area contributed by atoms with Gasteiger partial charge < -0.3 is 10.3 Å². The molecule has 2 aromatic rings. The van der Waals surface area contributed by atoms with Gasteiger partial charge in [0.15, 0.2) is 0 Å². The molecule has 1 aliphatic carbocycles. The number of anilines is 1. The molecule has 1 fully saturated rings. The first-order valence-corrected chi connectivity index (χ1v) is 7.64. The Hall–Kier alpha value is -1.19. The van der Waals surface area contributed by atoms with Gasteiger partial charge in [0.1, 0.15) is 0 Å². The van der Waals surface area contributed by atoms with Gasteiger partial charge in [-0.25, -0.2) is 0 Å². The van der Waals surface area contributed by atoms with Crippen molar-refractivity contribution in [2.24, 2.45) is 10.8 Å². The fraction of sp³-hybridized carbons (Fsp3) is 0.438. The van der Waals surface area contributed by atoms with Crippen molar-refractivity contribution in [1.82, 2.24) is 5.16 Å². The average molecular weight is 325 g/mol. The Morgan fingerprint density at radius 2 is 1.57 bits per heavy atom. The van der Waals surface area contributed by atoms with Crippen LogP contribution < -0.4 is 5.73 Å². The Balaban J connectivity index is 2.21. The van der Waals surface area contributed by atoms with E-state index < -0.39 is 0 Å². The third-order valence-corrected chi connectivity index (χ3v) is 5.88. The zero-order valence-electron chi connectivity index (χ0n) is 12.5. The molecule has 0 spiro atoms. The fourth-order valence-corrected chi connectivity index (χ4v) is 3.97. The largest absolute Gasteiger partial charge is 0.367 e. The lowest BCUT2D eigenvalue weighted by Crippen LogP contribution is -1.95. The summed E-state index contributed by atoms with van der Waals surface area (Å²) in [5, 5.41) is 5.31. The minimum Gasteiger partial charge on any atom is -0.367 e. The second-order valence-corrected chi connectivity index (χ2v) is 7.59. The predicted molar refractivity (Wildman–Crippen MR) is 86.7 cm³/mol. The molecule has 3 rings (SSSR count). The number of nitrogen functional groups attached to an aromatic ring is 1. The Kier molecular flexibility index (Phi) is 3.09. The molecule has 1 heterocycles. The van der Waals surface area contributed by atoms with Gasteiger partial charge >= 0.3 is 0 Å². The van der Waals surface area contributed by atoms with E-state index in [1.807, 2.05) is 6.07 Å². The molecule has 21 heavy (non-hydrogen) atoms. The second kappa shape index (κ2) is 4.40. The van der Waals surface area contributed by atoms with E-state index in [0.29, 0.717) is 15.6 Å². The van der Waals surface area contributed by atoms with Crippen LogP contribution in [0.25, 0.3) is 11.1 Å². The van der Waals surface area contributed by atoms with E-state index in [1.54, 1.807) is 12.1 Å². The molecule has 0 saturated heterocycles. The lowest BCUT2D eigenvalue weighted by atomic mass is 9.99. The van der Waals surface area contributed by atoms with Crippen LogP contribution in [0.5, 0.6) is 0 Å². The number of halogens is 2. The molecule has 1 aliphatic rings. The highest BCUT2D eigenvalue weighted by molar-refractivity contribution is 6.39. The zero-order valence-corrected chi connectivity index (χ0v) is 14.0. The Morgan fingerprint density at radius 3 is 2.05 bits per heavy atom. The first-order valence-electron chi connectivity index (χ1n) is 6.89. The molecule has 1 aromatic carbocycles. The number of aromatic nitrogens is 1. The summed E-state index contributed by atoms with van der Waals surface area (Å²) in [4.78, 5) is 0. The molecular formula is C16H18Cl2N2O. The van der Waals surface area contributed by atoms with Gasteiger partial charge in [0.05, 0.1) is 21.3 Å². The van der Waals surface area contributed by atoms with Crippen molar-refractivity contribution in [2.75, 3.05) is 5.73 Å². The first-order chi connectivity index (χ1) is 9.69. The number of rotatable bonds is 2. The Labute approximate surface area is 134 Å². The summed E-state index contributed by atoms with van der Waals surface area (Å²) in [7, 11) is 0. The van der Waals surface area contributed by atoms with Crippen molar-refractivity contribution in [2.45, 2.75) is 33.6 Å². The normalized spacial score (nSPS) is 19.7. The Morgan fingerprint density at radius 1 is 1.05 bits per heavy atom. The molecule has 112 valence electrons. The summed E-state index contributed by atoms with van der Waals surface area (Å²) in [6.07, 6.45) is 0.